The number of piperidine rings is 1. The van der Waals surface area contributed by atoms with Crippen molar-refractivity contribution in [2.24, 2.45) is 0 Å². The largest absolute Gasteiger partial charge is 0.407 e. The highest BCUT2D eigenvalue weighted by Crippen LogP contribution is 2.20. The highest BCUT2D eigenvalue weighted by molar-refractivity contribution is 5.24. The summed E-state index contributed by atoms with van der Waals surface area (Å²) >= 11 is 0. The van der Waals surface area contributed by atoms with Gasteiger partial charge in [0.15, 0.2) is 0 Å². The van der Waals surface area contributed by atoms with Crippen molar-refractivity contribution >= 4 is 6.01 Å². The number of methoxy groups -OCH3 is 1. The van der Waals surface area contributed by atoms with E-state index in [-0.39, 0.29) is 0 Å². The first-order valence-electron chi connectivity index (χ1n) is 7.22. The molecule has 2 rings (SSSR count). The quantitative estimate of drug-likeness (QED) is 0.708. The Bertz CT molecular complexity index is 377. The Hall–Kier alpha value is -1.18. The Morgan fingerprint density at radius 3 is 2.85 bits per heavy atom. The van der Waals surface area contributed by atoms with E-state index in [0.29, 0.717) is 31.2 Å². The van der Waals surface area contributed by atoms with E-state index in [1.54, 1.807) is 7.11 Å². The van der Waals surface area contributed by atoms with Crippen molar-refractivity contribution in [3.8, 4) is 0 Å². The van der Waals surface area contributed by atoms with Gasteiger partial charge in [0.1, 0.15) is 0 Å². The molecule has 2 heterocycles. The number of hydrogen-bond acceptors (Lipinski definition) is 7. The van der Waals surface area contributed by atoms with Crippen molar-refractivity contribution in [1.82, 2.24) is 15.5 Å². The number of nitrogens with zero attached hydrogens (tertiary/aromatic N) is 3. The van der Waals surface area contributed by atoms with Crippen molar-refractivity contribution in [3.63, 3.8) is 0 Å². The molecule has 1 aliphatic heterocycles. The van der Waals surface area contributed by atoms with Gasteiger partial charge in [0.2, 0.25) is 5.89 Å². The summed E-state index contributed by atoms with van der Waals surface area (Å²) in [4.78, 5) is 2.13. The molecule has 0 radical (unpaired) electrons. The molecule has 114 valence electrons. The first kappa shape index (κ1) is 15.2. The van der Waals surface area contributed by atoms with Gasteiger partial charge < -0.3 is 24.1 Å². The predicted molar refractivity (Wildman–Crippen MR) is 74.7 cm³/mol. The molecular formula is C13H24N4O3. The van der Waals surface area contributed by atoms with E-state index in [2.05, 4.69) is 20.4 Å². The van der Waals surface area contributed by atoms with Crippen molar-refractivity contribution in [3.05, 3.63) is 5.89 Å². The average Bonchev–Trinajstić information content (AvgIpc) is 2.94. The summed E-state index contributed by atoms with van der Waals surface area (Å²) in [5, 5.41) is 11.3. The number of hydrogen-bond donors (Lipinski definition) is 1. The second kappa shape index (κ2) is 8.18. The van der Waals surface area contributed by atoms with Gasteiger partial charge in [-0.05, 0) is 19.8 Å². The molecule has 0 saturated carbocycles. The van der Waals surface area contributed by atoms with Gasteiger partial charge in [-0.1, -0.05) is 5.10 Å². The van der Waals surface area contributed by atoms with Crippen LogP contribution in [0.4, 0.5) is 6.01 Å². The van der Waals surface area contributed by atoms with E-state index in [9.17, 15) is 0 Å². The molecule has 7 heteroatoms. The first-order chi connectivity index (χ1) is 9.83. The Kier molecular flexibility index (Phi) is 6.23. The monoisotopic (exact) mass is 284 g/mol. The molecule has 0 bridgehead atoms. The van der Waals surface area contributed by atoms with Crippen molar-refractivity contribution in [1.29, 1.82) is 0 Å². The Labute approximate surface area is 119 Å². The lowest BCUT2D eigenvalue weighted by atomic mass is 10.1. The highest BCUT2D eigenvalue weighted by Gasteiger charge is 2.22. The fourth-order valence-corrected chi connectivity index (χ4v) is 2.26. The Morgan fingerprint density at radius 1 is 1.35 bits per heavy atom. The van der Waals surface area contributed by atoms with Crippen LogP contribution in [0, 0.1) is 0 Å². The lowest BCUT2D eigenvalue weighted by Gasteiger charge is -2.30. The third-order valence-corrected chi connectivity index (χ3v) is 3.33. The lowest BCUT2D eigenvalue weighted by Crippen LogP contribution is -2.37. The smallest absolute Gasteiger partial charge is 0.318 e. The number of anilines is 1. The van der Waals surface area contributed by atoms with Crippen LogP contribution in [0.3, 0.4) is 0 Å². The molecule has 1 N–H and O–H groups in total. The molecule has 1 saturated heterocycles. The molecular weight excluding hydrogens is 260 g/mol. The van der Waals surface area contributed by atoms with Gasteiger partial charge in [-0.2, -0.15) is 0 Å². The van der Waals surface area contributed by atoms with Crippen LogP contribution in [0.1, 0.15) is 25.7 Å². The molecule has 7 nitrogen and oxygen atoms in total. The van der Waals surface area contributed by atoms with E-state index >= 15 is 0 Å². The highest BCUT2D eigenvalue weighted by atomic mass is 16.5. The number of nitrogens with one attached hydrogen (secondary N) is 1. The minimum Gasteiger partial charge on any atom is -0.407 e. The third kappa shape index (κ3) is 4.43. The molecule has 1 aromatic rings. The summed E-state index contributed by atoms with van der Waals surface area (Å²) in [6.45, 7) is 6.65. The van der Waals surface area contributed by atoms with E-state index in [1.165, 1.54) is 0 Å². The van der Waals surface area contributed by atoms with Crippen LogP contribution in [-0.2, 0) is 16.0 Å². The molecule has 20 heavy (non-hydrogen) atoms. The van der Waals surface area contributed by atoms with Crippen LogP contribution in [-0.4, -0.2) is 56.3 Å². The fourth-order valence-electron chi connectivity index (χ4n) is 2.26. The zero-order valence-electron chi connectivity index (χ0n) is 12.3. The maximum Gasteiger partial charge on any atom is 0.318 e. The molecule has 1 aliphatic rings. The summed E-state index contributed by atoms with van der Waals surface area (Å²) in [6, 6.07) is 0.614. The molecule has 1 fully saturated rings. The van der Waals surface area contributed by atoms with Crippen LogP contribution in [0.15, 0.2) is 4.42 Å². The van der Waals surface area contributed by atoms with Crippen LogP contribution < -0.4 is 10.2 Å². The summed E-state index contributed by atoms with van der Waals surface area (Å²) in [6.07, 6.45) is 2.39. The third-order valence-electron chi connectivity index (χ3n) is 3.33. The maximum atomic E-state index is 5.66. The molecule has 1 aromatic heterocycles. The van der Waals surface area contributed by atoms with Gasteiger partial charge in [0.25, 0.3) is 0 Å². The molecule has 0 aliphatic carbocycles. The SMILES string of the molecule is CCOC1CCN(c2nnc(CNCCOC)o2)CC1. The van der Waals surface area contributed by atoms with Crippen LogP contribution in [0.5, 0.6) is 0 Å². The minimum atomic E-state index is 0.370. The summed E-state index contributed by atoms with van der Waals surface area (Å²) < 4.78 is 16.3. The van der Waals surface area contributed by atoms with Gasteiger partial charge in [-0.15, -0.1) is 5.10 Å². The molecule has 0 spiro atoms. The summed E-state index contributed by atoms with van der Waals surface area (Å²) in [5.41, 5.74) is 0. The minimum absolute atomic E-state index is 0.370. The number of rotatable bonds is 8. The first-order valence-corrected chi connectivity index (χ1v) is 7.22. The average molecular weight is 284 g/mol. The maximum absolute atomic E-state index is 5.66. The predicted octanol–water partition coefficient (Wildman–Crippen LogP) is 0.811. The summed E-state index contributed by atoms with van der Waals surface area (Å²) in [5.74, 6) is 0.614. The van der Waals surface area contributed by atoms with Gasteiger partial charge in [-0.25, -0.2) is 0 Å². The van der Waals surface area contributed by atoms with E-state index in [4.69, 9.17) is 13.9 Å². The summed E-state index contributed by atoms with van der Waals surface area (Å²) in [7, 11) is 1.68. The van der Waals surface area contributed by atoms with Crippen molar-refractivity contribution < 1.29 is 13.9 Å². The van der Waals surface area contributed by atoms with Crippen LogP contribution in [0.2, 0.25) is 0 Å². The van der Waals surface area contributed by atoms with E-state index in [0.717, 1.165) is 39.1 Å². The normalized spacial score (nSPS) is 16.8. The Morgan fingerprint density at radius 2 is 2.15 bits per heavy atom. The van der Waals surface area contributed by atoms with Crippen molar-refractivity contribution in [2.75, 3.05) is 44.9 Å². The lowest BCUT2D eigenvalue weighted by molar-refractivity contribution is 0.0453. The zero-order valence-corrected chi connectivity index (χ0v) is 12.3. The standard InChI is InChI=1S/C13H24N4O3/c1-3-19-11-4-7-17(8-5-11)13-16-15-12(20-13)10-14-6-9-18-2/h11,14H,3-10H2,1-2H3. The molecule has 0 atom stereocenters. The van der Waals surface area contributed by atoms with E-state index in [1.807, 2.05) is 6.92 Å². The van der Waals surface area contributed by atoms with Gasteiger partial charge >= 0.3 is 6.01 Å². The van der Waals surface area contributed by atoms with Gasteiger partial charge in [0.05, 0.1) is 19.3 Å². The van der Waals surface area contributed by atoms with Crippen molar-refractivity contribution in [2.45, 2.75) is 32.4 Å². The van der Waals surface area contributed by atoms with Gasteiger partial charge in [-0.3, -0.25) is 0 Å². The Balaban J connectivity index is 1.75. The topological polar surface area (TPSA) is 72.7 Å². The fraction of sp³-hybridized carbons (Fsp3) is 0.846. The zero-order chi connectivity index (χ0) is 14.2. The van der Waals surface area contributed by atoms with Gasteiger partial charge in [0, 0.05) is 33.4 Å². The molecule has 0 aromatic carbocycles. The molecule has 0 amide bonds. The number of aromatic nitrogens is 2. The second-order valence-corrected chi connectivity index (χ2v) is 4.79. The van der Waals surface area contributed by atoms with E-state index < -0.39 is 0 Å². The van der Waals surface area contributed by atoms with Crippen LogP contribution in [0.25, 0.3) is 0 Å². The van der Waals surface area contributed by atoms with Crippen LogP contribution >= 0.6 is 0 Å². The second-order valence-electron chi connectivity index (χ2n) is 4.79. The number of ether oxygens (including phenoxy) is 2. The molecule has 0 unspecified atom stereocenters.